The molecule has 1 heterocycles. The molecule has 0 unspecified atom stereocenters. The van der Waals surface area contributed by atoms with E-state index in [-0.39, 0.29) is 24.8 Å². The number of aliphatic carboxylic acids is 1. The number of carboxylic acids is 1. The van der Waals surface area contributed by atoms with Crippen LogP contribution in [0.3, 0.4) is 0 Å². The Kier molecular flexibility index (Phi) is 5.25. The predicted octanol–water partition coefficient (Wildman–Crippen LogP) is 3.60. The summed E-state index contributed by atoms with van der Waals surface area (Å²) >= 11 is 0. The summed E-state index contributed by atoms with van der Waals surface area (Å²) in [7, 11) is 0. The number of aryl methyl sites for hydroxylation is 1. The van der Waals surface area contributed by atoms with Gasteiger partial charge < -0.3 is 10.0 Å². The maximum atomic E-state index is 12.7. The Labute approximate surface area is 150 Å². The third kappa shape index (κ3) is 4.37. The standard InChI is InChI=1S/C19H22F3NO3/c20-19(21,22)14-5-1-3-12(9-14)4-2-6-17(24)23-10-15(13-7-8-13)16(11-23)18(25)26/h1,3,5,9,13,15-16H,2,4,6-8,10-11H2,(H,25,26)/t15-,16+/m1/s1. The lowest BCUT2D eigenvalue weighted by atomic mass is 9.92. The number of hydrogen-bond acceptors (Lipinski definition) is 2. The smallest absolute Gasteiger partial charge is 0.416 e. The molecular formula is C19H22F3NO3. The molecule has 1 saturated carbocycles. The molecule has 0 bridgehead atoms. The van der Waals surface area contributed by atoms with Crippen LogP contribution in [-0.4, -0.2) is 35.0 Å². The van der Waals surface area contributed by atoms with E-state index in [1.54, 1.807) is 11.0 Å². The molecule has 0 spiro atoms. The van der Waals surface area contributed by atoms with Crippen molar-refractivity contribution in [2.24, 2.45) is 17.8 Å². The van der Waals surface area contributed by atoms with Gasteiger partial charge in [-0.05, 0) is 49.1 Å². The second-order valence-electron chi connectivity index (χ2n) is 7.30. The van der Waals surface area contributed by atoms with Gasteiger partial charge in [0, 0.05) is 19.5 Å². The molecule has 0 radical (unpaired) electrons. The van der Waals surface area contributed by atoms with E-state index in [2.05, 4.69) is 0 Å². The largest absolute Gasteiger partial charge is 0.481 e. The van der Waals surface area contributed by atoms with Gasteiger partial charge in [-0.2, -0.15) is 13.2 Å². The van der Waals surface area contributed by atoms with E-state index in [1.807, 2.05) is 0 Å². The first-order chi connectivity index (χ1) is 12.3. The molecule has 2 fully saturated rings. The normalized spacial score (nSPS) is 23.3. The highest BCUT2D eigenvalue weighted by molar-refractivity contribution is 5.79. The van der Waals surface area contributed by atoms with Gasteiger partial charge in [0.1, 0.15) is 0 Å². The average molecular weight is 369 g/mol. The zero-order valence-electron chi connectivity index (χ0n) is 14.3. The van der Waals surface area contributed by atoms with Gasteiger partial charge in [0.25, 0.3) is 0 Å². The van der Waals surface area contributed by atoms with Crippen molar-refractivity contribution in [2.45, 2.75) is 38.3 Å². The van der Waals surface area contributed by atoms with Gasteiger partial charge in [-0.3, -0.25) is 9.59 Å². The lowest BCUT2D eigenvalue weighted by Crippen LogP contribution is -2.29. The minimum atomic E-state index is -4.37. The second-order valence-corrected chi connectivity index (χ2v) is 7.30. The molecule has 1 amide bonds. The summed E-state index contributed by atoms with van der Waals surface area (Å²) in [5, 5.41) is 9.35. The number of benzene rings is 1. The van der Waals surface area contributed by atoms with Crippen molar-refractivity contribution in [3.63, 3.8) is 0 Å². The van der Waals surface area contributed by atoms with E-state index in [9.17, 15) is 27.9 Å². The molecule has 2 aliphatic rings. The van der Waals surface area contributed by atoms with Crippen molar-refractivity contribution in [3.05, 3.63) is 35.4 Å². The number of hydrogen-bond donors (Lipinski definition) is 1. The number of rotatable bonds is 6. The minimum absolute atomic E-state index is 0.0416. The van der Waals surface area contributed by atoms with Crippen LogP contribution in [0.5, 0.6) is 0 Å². The Morgan fingerprint density at radius 3 is 2.54 bits per heavy atom. The number of nitrogens with zero attached hydrogens (tertiary/aromatic N) is 1. The molecule has 3 rings (SSSR count). The van der Waals surface area contributed by atoms with Crippen molar-refractivity contribution < 1.29 is 27.9 Å². The molecule has 1 aromatic carbocycles. The molecule has 4 nitrogen and oxygen atoms in total. The quantitative estimate of drug-likeness (QED) is 0.834. The predicted molar refractivity (Wildman–Crippen MR) is 88.3 cm³/mol. The number of alkyl halides is 3. The van der Waals surface area contributed by atoms with E-state index in [1.165, 1.54) is 6.07 Å². The number of carboxylic acid groups (broad SMARTS) is 1. The van der Waals surface area contributed by atoms with Crippen molar-refractivity contribution in [3.8, 4) is 0 Å². The average Bonchev–Trinajstić information content (AvgIpc) is 3.32. The fourth-order valence-corrected chi connectivity index (χ4v) is 3.80. The Bertz CT molecular complexity index is 685. The van der Waals surface area contributed by atoms with Crippen LogP contribution in [0.2, 0.25) is 0 Å². The van der Waals surface area contributed by atoms with Crippen molar-refractivity contribution in [2.75, 3.05) is 13.1 Å². The lowest BCUT2D eigenvalue weighted by Gasteiger charge is -2.16. The van der Waals surface area contributed by atoms with Crippen molar-refractivity contribution >= 4 is 11.9 Å². The van der Waals surface area contributed by atoms with Gasteiger partial charge in [-0.25, -0.2) is 0 Å². The highest BCUT2D eigenvalue weighted by Gasteiger charge is 2.46. The zero-order valence-corrected chi connectivity index (χ0v) is 14.3. The number of amides is 1. The number of halogens is 3. The summed E-state index contributed by atoms with van der Waals surface area (Å²) in [5.41, 5.74) is -0.134. The summed E-state index contributed by atoms with van der Waals surface area (Å²) in [6.07, 6.45) is -1.25. The van der Waals surface area contributed by atoms with E-state index in [0.29, 0.717) is 30.9 Å². The van der Waals surface area contributed by atoms with Gasteiger partial charge in [-0.1, -0.05) is 18.2 Å². The molecule has 1 saturated heterocycles. The highest BCUT2D eigenvalue weighted by Crippen LogP contribution is 2.44. The van der Waals surface area contributed by atoms with Gasteiger partial charge in [0.2, 0.25) is 5.91 Å². The van der Waals surface area contributed by atoms with Crippen LogP contribution in [0.15, 0.2) is 24.3 Å². The van der Waals surface area contributed by atoms with Gasteiger partial charge in [0.05, 0.1) is 11.5 Å². The maximum absolute atomic E-state index is 12.7. The Morgan fingerprint density at radius 2 is 1.92 bits per heavy atom. The van der Waals surface area contributed by atoms with Crippen LogP contribution >= 0.6 is 0 Å². The molecule has 1 aromatic rings. The Balaban J connectivity index is 1.51. The third-order valence-corrected chi connectivity index (χ3v) is 5.37. The topological polar surface area (TPSA) is 57.6 Å². The minimum Gasteiger partial charge on any atom is -0.481 e. The molecule has 7 heteroatoms. The van der Waals surface area contributed by atoms with E-state index in [0.717, 1.165) is 25.0 Å². The van der Waals surface area contributed by atoms with Crippen molar-refractivity contribution in [1.82, 2.24) is 4.90 Å². The summed E-state index contributed by atoms with van der Waals surface area (Å²) < 4.78 is 38.2. The van der Waals surface area contributed by atoms with Crippen LogP contribution in [0.4, 0.5) is 13.2 Å². The lowest BCUT2D eigenvalue weighted by molar-refractivity contribution is -0.143. The fraction of sp³-hybridized carbons (Fsp3) is 0.579. The first kappa shape index (κ1) is 18.7. The van der Waals surface area contributed by atoms with Gasteiger partial charge in [0.15, 0.2) is 0 Å². The molecule has 1 N–H and O–H groups in total. The van der Waals surface area contributed by atoms with Crippen molar-refractivity contribution in [1.29, 1.82) is 0 Å². The number of carbonyl (C=O) groups is 2. The van der Waals surface area contributed by atoms with E-state index < -0.39 is 23.6 Å². The fourth-order valence-electron chi connectivity index (χ4n) is 3.80. The second kappa shape index (κ2) is 7.29. The Morgan fingerprint density at radius 1 is 1.19 bits per heavy atom. The van der Waals surface area contributed by atoms with Gasteiger partial charge in [-0.15, -0.1) is 0 Å². The van der Waals surface area contributed by atoms with Crippen LogP contribution in [0.1, 0.15) is 36.8 Å². The van der Waals surface area contributed by atoms with Crippen LogP contribution in [0.25, 0.3) is 0 Å². The summed E-state index contributed by atoms with van der Waals surface area (Å²) in [5.74, 6) is -0.985. The van der Waals surface area contributed by atoms with Crippen LogP contribution in [0, 0.1) is 17.8 Å². The maximum Gasteiger partial charge on any atom is 0.416 e. The first-order valence-electron chi connectivity index (χ1n) is 8.92. The molecule has 26 heavy (non-hydrogen) atoms. The highest BCUT2D eigenvalue weighted by atomic mass is 19.4. The molecular weight excluding hydrogens is 347 g/mol. The Hall–Kier alpha value is -2.05. The van der Waals surface area contributed by atoms with Gasteiger partial charge >= 0.3 is 12.1 Å². The van der Waals surface area contributed by atoms with Crippen LogP contribution < -0.4 is 0 Å². The first-order valence-corrected chi connectivity index (χ1v) is 8.92. The molecule has 0 aromatic heterocycles. The number of likely N-dealkylation sites (tertiary alicyclic amines) is 1. The van der Waals surface area contributed by atoms with Crippen LogP contribution in [-0.2, 0) is 22.2 Å². The third-order valence-electron chi connectivity index (χ3n) is 5.37. The molecule has 2 atom stereocenters. The summed E-state index contributed by atoms with van der Waals surface area (Å²) in [6, 6.07) is 5.14. The molecule has 1 aliphatic carbocycles. The van der Waals surface area contributed by atoms with E-state index >= 15 is 0 Å². The van der Waals surface area contributed by atoms with E-state index in [4.69, 9.17) is 0 Å². The molecule has 1 aliphatic heterocycles. The summed E-state index contributed by atoms with van der Waals surface area (Å²) in [4.78, 5) is 25.4. The summed E-state index contributed by atoms with van der Waals surface area (Å²) in [6.45, 7) is 0.739. The molecule has 142 valence electrons. The zero-order chi connectivity index (χ0) is 18.9. The monoisotopic (exact) mass is 369 g/mol. The number of carbonyl (C=O) groups excluding carboxylic acids is 1. The SMILES string of the molecule is O=C(O)[C@H]1CN(C(=O)CCCc2cccc(C(F)(F)F)c2)C[C@@H]1C1CC1.